The Labute approximate surface area is 187 Å². The van der Waals surface area contributed by atoms with Gasteiger partial charge in [-0.3, -0.25) is 9.69 Å². The summed E-state index contributed by atoms with van der Waals surface area (Å²) in [6.45, 7) is 8.69. The van der Waals surface area contributed by atoms with Crippen molar-refractivity contribution in [1.29, 1.82) is 0 Å². The van der Waals surface area contributed by atoms with E-state index >= 15 is 0 Å². The zero-order valence-electron chi connectivity index (χ0n) is 18.4. The van der Waals surface area contributed by atoms with Gasteiger partial charge in [0.1, 0.15) is 0 Å². The molecule has 1 saturated heterocycles. The van der Waals surface area contributed by atoms with Crippen molar-refractivity contribution in [3.05, 3.63) is 58.3 Å². The number of benzene rings is 1. The molecule has 3 heterocycles. The lowest BCUT2D eigenvalue weighted by atomic mass is 9.93. The molecular formula is C24H30N4O2S. The lowest BCUT2D eigenvalue weighted by Gasteiger charge is -2.31. The first-order valence-corrected chi connectivity index (χ1v) is 11.9. The molecule has 4 rings (SSSR count). The van der Waals surface area contributed by atoms with Crippen LogP contribution in [-0.2, 0) is 11.3 Å². The zero-order chi connectivity index (χ0) is 21.8. The topological polar surface area (TPSA) is 71.3 Å². The highest BCUT2D eigenvalue weighted by atomic mass is 32.1. The number of carbonyl (C=O) groups excluding carboxylic acids is 1. The molecule has 31 heavy (non-hydrogen) atoms. The number of nitrogens with one attached hydrogen (secondary N) is 1. The van der Waals surface area contributed by atoms with Crippen molar-refractivity contribution in [2.24, 2.45) is 5.92 Å². The number of hydrogen-bond donors (Lipinski definition) is 1. The van der Waals surface area contributed by atoms with Gasteiger partial charge in [-0.1, -0.05) is 41.9 Å². The lowest BCUT2D eigenvalue weighted by Crippen LogP contribution is -2.41. The highest BCUT2D eigenvalue weighted by Gasteiger charge is 2.27. The summed E-state index contributed by atoms with van der Waals surface area (Å²) in [6.07, 6.45) is 2.58. The Hall–Kier alpha value is -2.51. The standard InChI is InChI=1S/C24H30N4O2S/c1-4-20(19-8-7-16(2)14-17(19)3)25-24(29)18-9-11-28(12-10-18)15-22-26-23(27-30-22)21-6-5-13-31-21/h5-8,13-14,18,20H,4,9-12,15H2,1-3H3,(H,25,29). The van der Waals surface area contributed by atoms with Gasteiger partial charge in [-0.05, 0) is 68.8 Å². The fourth-order valence-corrected chi connectivity index (χ4v) is 4.92. The van der Waals surface area contributed by atoms with Crippen LogP contribution in [-0.4, -0.2) is 34.0 Å². The highest BCUT2D eigenvalue weighted by molar-refractivity contribution is 7.13. The molecule has 1 aliphatic rings. The van der Waals surface area contributed by atoms with Gasteiger partial charge in [0.2, 0.25) is 17.6 Å². The van der Waals surface area contributed by atoms with E-state index in [1.54, 1.807) is 11.3 Å². The SMILES string of the molecule is CCC(NC(=O)C1CCN(Cc2nc(-c3cccs3)no2)CC1)c1ccc(C)cc1C. The van der Waals surface area contributed by atoms with Crippen LogP contribution in [0.3, 0.4) is 0 Å². The van der Waals surface area contributed by atoms with Gasteiger partial charge < -0.3 is 9.84 Å². The predicted molar refractivity (Wildman–Crippen MR) is 123 cm³/mol. The van der Waals surface area contributed by atoms with E-state index < -0.39 is 0 Å². The third kappa shape index (κ3) is 5.22. The quantitative estimate of drug-likeness (QED) is 0.568. The van der Waals surface area contributed by atoms with Crippen molar-refractivity contribution in [3.63, 3.8) is 0 Å². The molecule has 0 bridgehead atoms. The maximum atomic E-state index is 12.9. The van der Waals surface area contributed by atoms with Crippen LogP contribution in [0.5, 0.6) is 0 Å². The number of nitrogens with zero attached hydrogens (tertiary/aromatic N) is 3. The van der Waals surface area contributed by atoms with E-state index in [9.17, 15) is 4.79 Å². The van der Waals surface area contributed by atoms with E-state index in [2.05, 4.69) is 59.3 Å². The first kappa shape index (κ1) is 21.7. The van der Waals surface area contributed by atoms with Crippen LogP contribution in [0, 0.1) is 19.8 Å². The van der Waals surface area contributed by atoms with E-state index in [-0.39, 0.29) is 17.9 Å². The van der Waals surface area contributed by atoms with Crippen LogP contribution in [0.2, 0.25) is 0 Å². The van der Waals surface area contributed by atoms with Crippen molar-refractivity contribution < 1.29 is 9.32 Å². The van der Waals surface area contributed by atoms with Gasteiger partial charge in [-0.15, -0.1) is 11.3 Å². The largest absolute Gasteiger partial charge is 0.349 e. The van der Waals surface area contributed by atoms with Crippen LogP contribution in [0.1, 0.15) is 54.8 Å². The number of hydrogen-bond acceptors (Lipinski definition) is 6. The molecular weight excluding hydrogens is 408 g/mol. The molecule has 0 radical (unpaired) electrons. The smallest absolute Gasteiger partial charge is 0.241 e. The Morgan fingerprint density at radius 3 is 2.77 bits per heavy atom. The molecule has 0 aliphatic carbocycles. The van der Waals surface area contributed by atoms with Gasteiger partial charge in [-0.25, -0.2) is 0 Å². The molecule has 1 amide bonds. The van der Waals surface area contributed by atoms with Crippen molar-refractivity contribution in [1.82, 2.24) is 20.4 Å². The zero-order valence-corrected chi connectivity index (χ0v) is 19.2. The van der Waals surface area contributed by atoms with Crippen molar-refractivity contribution >= 4 is 17.2 Å². The number of rotatable bonds is 7. The average Bonchev–Trinajstić information content (AvgIpc) is 3.45. The van der Waals surface area contributed by atoms with E-state index in [1.807, 2.05) is 17.5 Å². The minimum absolute atomic E-state index is 0.0559. The van der Waals surface area contributed by atoms with Crippen LogP contribution >= 0.6 is 11.3 Å². The fraction of sp³-hybridized carbons (Fsp3) is 0.458. The van der Waals surface area contributed by atoms with Gasteiger partial charge in [0.25, 0.3) is 0 Å². The summed E-state index contributed by atoms with van der Waals surface area (Å²) in [4.78, 5) is 20.8. The maximum Gasteiger partial charge on any atom is 0.241 e. The second kappa shape index (κ2) is 9.75. The molecule has 1 fully saturated rings. The monoisotopic (exact) mass is 438 g/mol. The van der Waals surface area contributed by atoms with Crippen molar-refractivity contribution in [2.45, 2.75) is 52.6 Å². The van der Waals surface area contributed by atoms with Gasteiger partial charge in [-0.2, -0.15) is 4.98 Å². The summed E-state index contributed by atoms with van der Waals surface area (Å²) in [5.74, 6) is 1.51. The minimum Gasteiger partial charge on any atom is -0.349 e. The summed E-state index contributed by atoms with van der Waals surface area (Å²) in [6, 6.07) is 10.5. The molecule has 0 saturated carbocycles. The van der Waals surface area contributed by atoms with E-state index in [1.165, 1.54) is 16.7 Å². The number of likely N-dealkylation sites (tertiary alicyclic amines) is 1. The van der Waals surface area contributed by atoms with Crippen LogP contribution < -0.4 is 5.32 Å². The Morgan fingerprint density at radius 2 is 2.10 bits per heavy atom. The molecule has 1 N–H and O–H groups in total. The van der Waals surface area contributed by atoms with Crippen LogP contribution in [0.15, 0.2) is 40.2 Å². The number of piperidine rings is 1. The minimum atomic E-state index is 0.0559. The molecule has 2 aromatic heterocycles. The molecule has 1 aliphatic heterocycles. The third-order valence-corrected chi connectivity index (χ3v) is 6.92. The molecule has 0 spiro atoms. The van der Waals surface area contributed by atoms with Crippen LogP contribution in [0.25, 0.3) is 10.7 Å². The molecule has 1 aromatic carbocycles. The van der Waals surface area contributed by atoms with Gasteiger partial charge in [0, 0.05) is 5.92 Å². The van der Waals surface area contributed by atoms with Gasteiger partial charge >= 0.3 is 0 Å². The van der Waals surface area contributed by atoms with Crippen molar-refractivity contribution in [2.75, 3.05) is 13.1 Å². The summed E-state index contributed by atoms with van der Waals surface area (Å²) < 4.78 is 5.43. The number of amides is 1. The summed E-state index contributed by atoms with van der Waals surface area (Å²) in [5, 5.41) is 9.39. The van der Waals surface area contributed by atoms with E-state index in [4.69, 9.17) is 4.52 Å². The molecule has 1 atom stereocenters. The van der Waals surface area contributed by atoms with Gasteiger partial charge in [0.15, 0.2) is 0 Å². The number of aromatic nitrogens is 2. The summed E-state index contributed by atoms with van der Waals surface area (Å²) >= 11 is 1.60. The molecule has 6 nitrogen and oxygen atoms in total. The normalized spacial score (nSPS) is 16.4. The first-order valence-electron chi connectivity index (χ1n) is 11.0. The van der Waals surface area contributed by atoms with Crippen LogP contribution in [0.4, 0.5) is 0 Å². The second-order valence-electron chi connectivity index (χ2n) is 8.37. The van der Waals surface area contributed by atoms with E-state index in [0.29, 0.717) is 18.3 Å². The fourth-order valence-electron chi connectivity index (χ4n) is 4.28. The number of aryl methyl sites for hydroxylation is 2. The Bertz CT molecular complexity index is 1010. The Kier molecular flexibility index (Phi) is 6.83. The summed E-state index contributed by atoms with van der Waals surface area (Å²) in [7, 11) is 0. The number of carbonyl (C=O) groups is 1. The third-order valence-electron chi connectivity index (χ3n) is 6.05. The summed E-state index contributed by atoms with van der Waals surface area (Å²) in [5.41, 5.74) is 3.71. The molecule has 3 aromatic rings. The number of thiophene rings is 1. The van der Waals surface area contributed by atoms with Crippen molar-refractivity contribution in [3.8, 4) is 10.7 Å². The predicted octanol–water partition coefficient (Wildman–Crippen LogP) is 4.89. The van der Waals surface area contributed by atoms with E-state index in [0.717, 1.165) is 37.2 Å². The van der Waals surface area contributed by atoms with Gasteiger partial charge in [0.05, 0.1) is 17.5 Å². The Morgan fingerprint density at radius 1 is 1.29 bits per heavy atom. The molecule has 7 heteroatoms. The second-order valence-corrected chi connectivity index (χ2v) is 9.32. The first-order chi connectivity index (χ1) is 15.0. The highest BCUT2D eigenvalue weighted by Crippen LogP contribution is 2.25. The molecule has 164 valence electrons. The average molecular weight is 439 g/mol. The maximum absolute atomic E-state index is 12.9. The lowest BCUT2D eigenvalue weighted by molar-refractivity contribution is -0.127. The Balaban J connectivity index is 1.29. The molecule has 1 unspecified atom stereocenters.